The quantitative estimate of drug-likeness (QED) is 0.159. The molecule has 0 aliphatic rings. The van der Waals surface area contributed by atoms with E-state index in [0.29, 0.717) is 4.57 Å². The second kappa shape index (κ2) is 15.0. The van der Waals surface area contributed by atoms with E-state index in [1.54, 1.807) is 0 Å². The average molecular weight is 869 g/mol. The van der Waals surface area contributed by atoms with E-state index >= 15 is 0 Å². The van der Waals surface area contributed by atoms with Gasteiger partial charge in [-0.25, -0.2) is 0 Å². The molecule has 0 N–H and O–H groups in total. The first-order chi connectivity index (χ1) is 48.9. The second-order valence-corrected chi connectivity index (χ2v) is 13.8. The molecule has 0 unspecified atom stereocenters. The molecule has 0 atom stereocenters. The van der Waals surface area contributed by atoms with Crippen LogP contribution >= 0.6 is 0 Å². The molecule has 2 heterocycles. The Morgan fingerprint density at radius 1 is 0.369 bits per heavy atom. The van der Waals surface area contributed by atoms with Crippen molar-refractivity contribution in [3.8, 4) is 39.1 Å². The number of nitrogens with zero attached hydrogens (tertiary/aromatic N) is 2. The SMILES string of the molecule is [2H]c1c([2H])c(-c2c(N(c3c([2H])c([2H])c(-c4c([2H])c([2H])c5c([2H])c([2H])c([2H])c([2H])c5c4[2H])c([2H])c3[2H])c3c([2H])c([2H])c(-c4c([2H])c([2H])c([2H])c5c([2H])c([2H])c([2H])c([2H])c45)c([2H])c3[2H])c([2H])c([2H])c3c2oc2c([2H])c([2H])c([2H])c([2H])c23)c([2H])c(-n2c3c([2H])c([2H])c([2H])c([2H])c3c3c([2H])c([2H])c([2H])c([2H])c32)c1[2H]. The Balaban J connectivity index is 1.30. The van der Waals surface area contributed by atoms with Gasteiger partial charge in [0.1, 0.15) is 11.2 Å². The van der Waals surface area contributed by atoms with Gasteiger partial charge in [-0.2, -0.15) is 0 Å². The molecule has 13 rings (SSSR count). The lowest BCUT2D eigenvalue weighted by Crippen LogP contribution is -2.11. The van der Waals surface area contributed by atoms with Crippen molar-refractivity contribution in [3.63, 3.8) is 0 Å². The fraction of sp³-hybridized carbons (Fsp3) is 0. The van der Waals surface area contributed by atoms with Crippen LogP contribution in [0.15, 0.2) is 246 Å². The van der Waals surface area contributed by atoms with Crippen molar-refractivity contribution in [1.82, 2.24) is 4.57 Å². The number of hydrogen-bond acceptors (Lipinski definition) is 2. The molecule has 65 heavy (non-hydrogen) atoms. The first-order valence-electron chi connectivity index (χ1n) is 39.0. The van der Waals surface area contributed by atoms with Crippen molar-refractivity contribution < 1.29 is 59.2 Å². The highest BCUT2D eigenvalue weighted by Gasteiger charge is 2.24. The summed E-state index contributed by atoms with van der Waals surface area (Å²) in [5, 5.41) is -5.92. The maximum absolute atomic E-state index is 10.5. The molecule has 2 aromatic heterocycles. The van der Waals surface area contributed by atoms with Crippen LogP contribution in [0.25, 0.3) is 104 Å². The number of anilines is 3. The monoisotopic (exact) mass is 869 g/mol. The number of para-hydroxylation sites is 3. The predicted octanol–water partition coefficient (Wildman–Crippen LogP) is 17.5. The highest BCUT2D eigenvalue weighted by molar-refractivity contribution is 6.14. The van der Waals surface area contributed by atoms with Gasteiger partial charge in [0.2, 0.25) is 0 Å². The minimum Gasteiger partial charge on any atom is -0.455 e. The maximum Gasteiger partial charge on any atom is 0.145 e. The first kappa shape index (κ1) is 14.7. The molecule has 0 aliphatic heterocycles. The van der Waals surface area contributed by atoms with Crippen LogP contribution in [-0.4, -0.2) is 4.57 Å². The van der Waals surface area contributed by atoms with Gasteiger partial charge in [-0.15, -0.1) is 0 Å². The van der Waals surface area contributed by atoms with Crippen LogP contribution in [0, 0.1) is 0 Å². The van der Waals surface area contributed by atoms with Crippen LogP contribution in [0.3, 0.4) is 0 Å². The van der Waals surface area contributed by atoms with Gasteiger partial charge < -0.3 is 13.9 Å². The molecule has 0 spiro atoms. The summed E-state index contributed by atoms with van der Waals surface area (Å²) in [5.74, 6) is 0. The molecule has 0 fully saturated rings. The molecule has 0 aliphatic carbocycles. The second-order valence-electron chi connectivity index (χ2n) is 13.8. The molecule has 304 valence electrons. The van der Waals surface area contributed by atoms with Crippen LogP contribution in [0.4, 0.5) is 17.1 Å². The van der Waals surface area contributed by atoms with E-state index in [-0.39, 0.29) is 4.90 Å². The van der Waals surface area contributed by atoms with Crippen LogP contribution in [0.2, 0.25) is 0 Å². The van der Waals surface area contributed by atoms with Crippen molar-refractivity contribution in [2.45, 2.75) is 0 Å². The molecular weight excluding hydrogens is 789 g/mol. The van der Waals surface area contributed by atoms with E-state index in [0.717, 1.165) is 0 Å². The zero-order valence-electron chi connectivity index (χ0n) is 72.3. The Kier molecular flexibility index (Phi) is 3.39. The fourth-order valence-electron chi connectivity index (χ4n) is 7.35. The molecule has 0 amide bonds. The van der Waals surface area contributed by atoms with E-state index in [1.165, 1.54) is 0 Å². The Bertz CT molecular complexity index is 6210. The molecule has 3 heteroatoms. The molecule has 0 radical (unpaired) electrons. The fourth-order valence-corrected chi connectivity index (χ4v) is 7.35. The third-order valence-electron chi connectivity index (χ3n) is 10.2. The van der Waals surface area contributed by atoms with Crippen molar-refractivity contribution in [1.29, 1.82) is 0 Å². The third-order valence-corrected chi connectivity index (χ3v) is 10.2. The minimum atomic E-state index is -1.50. The van der Waals surface area contributed by atoms with Crippen molar-refractivity contribution in [3.05, 3.63) is 242 Å². The zero-order chi connectivity index (χ0) is 77.7. The average Bonchev–Trinajstić information content (AvgIpc) is 1.65. The Morgan fingerprint density at radius 2 is 0.954 bits per heavy atom. The minimum absolute atomic E-state index is 0.196. The van der Waals surface area contributed by atoms with E-state index in [1.807, 2.05) is 0 Å². The Hall–Kier alpha value is -8.66. The van der Waals surface area contributed by atoms with Crippen LogP contribution < -0.4 is 4.90 Å². The van der Waals surface area contributed by atoms with E-state index in [2.05, 4.69) is 0 Å². The molecule has 0 saturated heterocycles. The lowest BCUT2D eigenvalue weighted by atomic mass is 9.96. The van der Waals surface area contributed by atoms with Gasteiger partial charge in [0.25, 0.3) is 0 Å². The van der Waals surface area contributed by atoms with Crippen LogP contribution in [0.5, 0.6) is 0 Å². The van der Waals surface area contributed by atoms with Gasteiger partial charge >= 0.3 is 0 Å². The van der Waals surface area contributed by atoms with E-state index in [9.17, 15) is 27.4 Å². The van der Waals surface area contributed by atoms with Crippen molar-refractivity contribution in [2.24, 2.45) is 0 Å². The summed E-state index contributed by atoms with van der Waals surface area (Å²) in [6.07, 6.45) is 0. The number of aromatic nitrogens is 1. The summed E-state index contributed by atoms with van der Waals surface area (Å²) < 4.78 is 378. The lowest BCUT2D eigenvalue weighted by molar-refractivity contribution is 0.670. The smallest absolute Gasteiger partial charge is 0.145 e. The summed E-state index contributed by atoms with van der Waals surface area (Å²) in [5.41, 5.74) is -15.5. The summed E-state index contributed by atoms with van der Waals surface area (Å²) >= 11 is 0. The van der Waals surface area contributed by atoms with Gasteiger partial charge in [0, 0.05) is 44.2 Å². The van der Waals surface area contributed by atoms with E-state index < -0.39 is 363 Å². The van der Waals surface area contributed by atoms with Gasteiger partial charge in [-0.05, 0) is 122 Å². The number of fused-ring (bicyclic) bond motifs is 8. The summed E-state index contributed by atoms with van der Waals surface area (Å²) in [4.78, 5) is 0.196. The largest absolute Gasteiger partial charge is 0.455 e. The normalized spacial score (nSPS) is 20.3. The first-order valence-corrected chi connectivity index (χ1v) is 19.0. The molecule has 3 nitrogen and oxygen atoms in total. The van der Waals surface area contributed by atoms with Crippen LogP contribution in [-0.2, 0) is 0 Å². The highest BCUT2D eigenvalue weighted by Crippen LogP contribution is 2.48. The summed E-state index contributed by atoms with van der Waals surface area (Å²) in [6, 6.07) is -45.7. The topological polar surface area (TPSA) is 21.3 Å². The molecule has 13 aromatic rings. The predicted molar refractivity (Wildman–Crippen MR) is 274 cm³/mol. The Morgan fingerprint density at radius 3 is 1.71 bits per heavy atom. The van der Waals surface area contributed by atoms with Gasteiger partial charge in [-0.3, -0.25) is 0 Å². The molecule has 0 bridgehead atoms. The van der Waals surface area contributed by atoms with Crippen LogP contribution in [0.1, 0.15) is 54.8 Å². The molecule has 11 aromatic carbocycles. The lowest BCUT2D eigenvalue weighted by Gasteiger charge is -2.28. The van der Waals surface area contributed by atoms with Gasteiger partial charge in [0.05, 0.1) is 71.6 Å². The maximum atomic E-state index is 10.5. The zero-order valence-corrected chi connectivity index (χ0v) is 32.3. The third kappa shape index (κ3) is 6.12. The summed E-state index contributed by atoms with van der Waals surface area (Å²) in [6.45, 7) is 0. The van der Waals surface area contributed by atoms with Crippen molar-refractivity contribution in [2.75, 3.05) is 4.90 Å². The number of furan rings is 1. The Labute approximate surface area is 432 Å². The van der Waals surface area contributed by atoms with Crippen molar-refractivity contribution >= 4 is 82.4 Å². The van der Waals surface area contributed by atoms with E-state index in [4.69, 9.17) is 31.8 Å². The molecule has 0 saturated carbocycles. The summed E-state index contributed by atoms with van der Waals surface area (Å²) in [7, 11) is 0. The van der Waals surface area contributed by atoms with Gasteiger partial charge in [0.15, 0.2) is 0 Å². The standard InChI is InChI=1S/C62H40N2O/c1-2-15-45-39-46(28-27-41(45)13-1)42-29-33-48(34-30-42)63(49-35-31-44(32-36-49)52-23-12-16-43-14-3-4-19-51(43)52)59-38-37-56-55-22-7-10-26-60(55)65-62(56)61(59)47-17-11-18-50(40-47)64-57-24-8-5-20-53(57)54-21-6-9-25-58(54)64/h1-40H/i1D,2D,3D,4D,5D,6D,7D,8D,9D,10D,11D,12D,13D,14D,15D,16D,17D,18D,19D,20D,21D,22D,23D,24D,25D,26D,27D,28D,29D,30D,31D,32D,33D,34D,35D,36D,37D,38D,39D,40D. The van der Waals surface area contributed by atoms with Gasteiger partial charge in [-0.1, -0.05) is 169 Å². The highest BCUT2D eigenvalue weighted by atomic mass is 16.3. The molecular formula is C62H40N2O. The number of rotatable bonds is 7. The number of benzene rings is 11. The number of hydrogen-bond donors (Lipinski definition) is 0.